The number of H-pyrrole nitrogens is 1. The van der Waals surface area contributed by atoms with Crippen LogP contribution in [0.3, 0.4) is 0 Å². The molecule has 0 atom stereocenters. The Morgan fingerprint density at radius 2 is 2.29 bits per heavy atom. The minimum Gasteiger partial charge on any atom is -0.350 e. The number of aromatic nitrogens is 2. The number of hydrogen-bond donors (Lipinski definition) is 3. The zero-order valence-electron chi connectivity index (χ0n) is 10.3. The fraction of sp³-hybridized carbons (Fsp3) is 0.667. The Hall–Kier alpha value is -1.36. The summed E-state index contributed by atoms with van der Waals surface area (Å²) in [6, 6.07) is 1.88. The molecular formula is C12H20N4O. The minimum atomic E-state index is -0.175. The molecule has 0 unspecified atom stereocenters. The molecule has 1 aliphatic heterocycles. The molecule has 1 aliphatic rings. The van der Waals surface area contributed by atoms with Crippen molar-refractivity contribution in [3.8, 4) is 0 Å². The number of piperidine rings is 1. The Labute approximate surface area is 101 Å². The number of amides is 1. The van der Waals surface area contributed by atoms with Gasteiger partial charge >= 0.3 is 0 Å². The van der Waals surface area contributed by atoms with Crippen molar-refractivity contribution in [2.24, 2.45) is 5.41 Å². The van der Waals surface area contributed by atoms with Gasteiger partial charge in [0.05, 0.1) is 17.7 Å². The van der Waals surface area contributed by atoms with Crippen LogP contribution in [0.25, 0.3) is 0 Å². The van der Waals surface area contributed by atoms with Crippen LogP contribution in [-0.2, 0) is 11.3 Å². The molecule has 17 heavy (non-hydrogen) atoms. The van der Waals surface area contributed by atoms with E-state index in [0.717, 1.165) is 38.0 Å². The van der Waals surface area contributed by atoms with E-state index in [4.69, 9.17) is 0 Å². The minimum absolute atomic E-state index is 0.175. The average Bonchev–Trinajstić information content (AvgIpc) is 2.90. The van der Waals surface area contributed by atoms with Crippen molar-refractivity contribution >= 4 is 5.91 Å². The summed E-state index contributed by atoms with van der Waals surface area (Å²) in [5, 5.41) is 13.0. The number of nitrogens with zero attached hydrogens (tertiary/aromatic N) is 1. The number of carbonyl (C=O) groups excluding carboxylic acids is 1. The normalized spacial score (nSPS) is 18.9. The molecule has 1 aromatic rings. The summed E-state index contributed by atoms with van der Waals surface area (Å²) < 4.78 is 0. The monoisotopic (exact) mass is 236 g/mol. The SMILES string of the molecule is CCC1(C(=O)NCc2ccn[nH]2)CCNCC1. The molecule has 2 heterocycles. The van der Waals surface area contributed by atoms with Crippen LogP contribution >= 0.6 is 0 Å². The summed E-state index contributed by atoms with van der Waals surface area (Å²) in [7, 11) is 0. The second kappa shape index (κ2) is 5.31. The predicted molar refractivity (Wildman–Crippen MR) is 65.3 cm³/mol. The Morgan fingerprint density at radius 3 is 2.88 bits per heavy atom. The van der Waals surface area contributed by atoms with E-state index in [-0.39, 0.29) is 11.3 Å². The van der Waals surface area contributed by atoms with Gasteiger partial charge < -0.3 is 10.6 Å². The lowest BCUT2D eigenvalue weighted by molar-refractivity contribution is -0.133. The molecule has 1 fully saturated rings. The highest BCUT2D eigenvalue weighted by molar-refractivity contribution is 5.82. The van der Waals surface area contributed by atoms with Crippen LogP contribution in [0.15, 0.2) is 12.3 Å². The van der Waals surface area contributed by atoms with E-state index in [9.17, 15) is 4.79 Å². The van der Waals surface area contributed by atoms with Gasteiger partial charge in [0.15, 0.2) is 0 Å². The number of nitrogens with one attached hydrogen (secondary N) is 3. The Balaban J connectivity index is 1.93. The van der Waals surface area contributed by atoms with Gasteiger partial charge in [0.2, 0.25) is 5.91 Å². The lowest BCUT2D eigenvalue weighted by atomic mass is 9.76. The summed E-state index contributed by atoms with van der Waals surface area (Å²) >= 11 is 0. The average molecular weight is 236 g/mol. The molecule has 0 bridgehead atoms. The fourth-order valence-corrected chi connectivity index (χ4v) is 2.39. The topological polar surface area (TPSA) is 69.8 Å². The zero-order chi connectivity index (χ0) is 12.1. The van der Waals surface area contributed by atoms with Gasteiger partial charge in [0, 0.05) is 6.20 Å². The van der Waals surface area contributed by atoms with Crippen molar-refractivity contribution < 1.29 is 4.79 Å². The summed E-state index contributed by atoms with van der Waals surface area (Å²) in [5.41, 5.74) is 0.768. The van der Waals surface area contributed by atoms with Crippen molar-refractivity contribution in [1.29, 1.82) is 0 Å². The van der Waals surface area contributed by atoms with Crippen molar-refractivity contribution in [3.63, 3.8) is 0 Å². The molecule has 1 saturated heterocycles. The molecule has 0 spiro atoms. The van der Waals surface area contributed by atoms with E-state index in [0.29, 0.717) is 6.54 Å². The second-order valence-corrected chi connectivity index (χ2v) is 4.65. The smallest absolute Gasteiger partial charge is 0.226 e. The van der Waals surface area contributed by atoms with E-state index in [1.165, 1.54) is 0 Å². The maximum absolute atomic E-state index is 12.3. The lowest BCUT2D eigenvalue weighted by Crippen LogP contribution is -2.47. The zero-order valence-corrected chi connectivity index (χ0v) is 10.3. The van der Waals surface area contributed by atoms with Crippen LogP contribution in [-0.4, -0.2) is 29.2 Å². The highest BCUT2D eigenvalue weighted by atomic mass is 16.2. The largest absolute Gasteiger partial charge is 0.350 e. The van der Waals surface area contributed by atoms with Crippen LogP contribution in [0.1, 0.15) is 31.9 Å². The Bertz CT molecular complexity index is 355. The summed E-state index contributed by atoms with van der Waals surface area (Å²) in [6.07, 6.45) is 4.46. The van der Waals surface area contributed by atoms with Crippen LogP contribution in [0, 0.1) is 5.41 Å². The van der Waals surface area contributed by atoms with Crippen molar-refractivity contribution in [1.82, 2.24) is 20.8 Å². The molecule has 1 amide bonds. The van der Waals surface area contributed by atoms with E-state index >= 15 is 0 Å². The number of hydrogen-bond acceptors (Lipinski definition) is 3. The third-order valence-corrected chi connectivity index (χ3v) is 3.72. The molecule has 5 heteroatoms. The standard InChI is InChI=1S/C12H20N4O/c1-2-12(4-7-13-8-5-12)11(17)14-9-10-3-6-15-16-10/h3,6,13H,2,4-5,7-9H2,1H3,(H,14,17)(H,15,16). The molecule has 0 saturated carbocycles. The van der Waals surface area contributed by atoms with Crippen LogP contribution in [0.2, 0.25) is 0 Å². The third kappa shape index (κ3) is 2.66. The van der Waals surface area contributed by atoms with Crippen LogP contribution in [0.5, 0.6) is 0 Å². The number of carbonyl (C=O) groups is 1. The van der Waals surface area contributed by atoms with Gasteiger partial charge in [-0.25, -0.2) is 0 Å². The molecule has 2 rings (SSSR count). The summed E-state index contributed by atoms with van der Waals surface area (Å²) in [4.78, 5) is 12.3. The molecule has 0 radical (unpaired) electrons. The first-order valence-corrected chi connectivity index (χ1v) is 6.24. The number of rotatable bonds is 4. The highest BCUT2D eigenvalue weighted by Gasteiger charge is 2.37. The summed E-state index contributed by atoms with van der Waals surface area (Å²) in [6.45, 7) is 4.51. The molecule has 0 aliphatic carbocycles. The van der Waals surface area contributed by atoms with E-state index in [2.05, 4.69) is 27.8 Å². The van der Waals surface area contributed by atoms with E-state index in [1.807, 2.05) is 6.07 Å². The Morgan fingerprint density at radius 1 is 1.53 bits per heavy atom. The highest BCUT2D eigenvalue weighted by Crippen LogP contribution is 2.32. The predicted octanol–water partition coefficient (Wildman–Crippen LogP) is 0.806. The lowest BCUT2D eigenvalue weighted by Gasteiger charge is -2.35. The van der Waals surface area contributed by atoms with Gasteiger partial charge in [0.1, 0.15) is 0 Å². The first-order chi connectivity index (χ1) is 8.27. The van der Waals surface area contributed by atoms with Gasteiger partial charge in [0.25, 0.3) is 0 Å². The second-order valence-electron chi connectivity index (χ2n) is 4.65. The van der Waals surface area contributed by atoms with Gasteiger partial charge in [-0.3, -0.25) is 9.89 Å². The first kappa shape index (κ1) is 12.1. The van der Waals surface area contributed by atoms with Gasteiger partial charge in [-0.2, -0.15) is 5.10 Å². The maximum atomic E-state index is 12.3. The van der Waals surface area contributed by atoms with Gasteiger partial charge in [-0.15, -0.1) is 0 Å². The van der Waals surface area contributed by atoms with Crippen molar-refractivity contribution in [2.75, 3.05) is 13.1 Å². The van der Waals surface area contributed by atoms with E-state index < -0.39 is 0 Å². The summed E-state index contributed by atoms with van der Waals surface area (Å²) in [5.74, 6) is 0.177. The maximum Gasteiger partial charge on any atom is 0.226 e. The first-order valence-electron chi connectivity index (χ1n) is 6.24. The molecule has 5 nitrogen and oxygen atoms in total. The fourth-order valence-electron chi connectivity index (χ4n) is 2.39. The third-order valence-electron chi connectivity index (χ3n) is 3.72. The van der Waals surface area contributed by atoms with Crippen LogP contribution < -0.4 is 10.6 Å². The van der Waals surface area contributed by atoms with Crippen molar-refractivity contribution in [3.05, 3.63) is 18.0 Å². The van der Waals surface area contributed by atoms with Gasteiger partial charge in [-0.05, 0) is 38.4 Å². The Kier molecular flexibility index (Phi) is 3.78. The van der Waals surface area contributed by atoms with Crippen molar-refractivity contribution in [2.45, 2.75) is 32.7 Å². The molecular weight excluding hydrogens is 216 g/mol. The van der Waals surface area contributed by atoms with Crippen LogP contribution in [0.4, 0.5) is 0 Å². The molecule has 1 aromatic heterocycles. The quantitative estimate of drug-likeness (QED) is 0.724. The van der Waals surface area contributed by atoms with Gasteiger partial charge in [-0.1, -0.05) is 6.92 Å². The molecule has 0 aromatic carbocycles. The van der Waals surface area contributed by atoms with E-state index in [1.54, 1.807) is 6.20 Å². The number of aromatic amines is 1. The molecule has 94 valence electrons. The molecule has 3 N–H and O–H groups in total.